The summed E-state index contributed by atoms with van der Waals surface area (Å²) in [5, 5.41) is 11.7. The highest BCUT2D eigenvalue weighted by Crippen LogP contribution is 2.50. The summed E-state index contributed by atoms with van der Waals surface area (Å²) in [6.45, 7) is 2.99. The number of amides is 1. The Morgan fingerprint density at radius 1 is 1.16 bits per heavy atom. The average molecular weight is 506 g/mol. The molecule has 2 aromatic carbocycles. The van der Waals surface area contributed by atoms with Gasteiger partial charge in [0.1, 0.15) is 11.6 Å². The van der Waals surface area contributed by atoms with Crippen molar-refractivity contribution >= 4 is 16.8 Å². The van der Waals surface area contributed by atoms with Gasteiger partial charge in [0.15, 0.2) is 0 Å². The third-order valence-corrected chi connectivity index (χ3v) is 9.02. The second-order valence-electron chi connectivity index (χ2n) is 11.2. The van der Waals surface area contributed by atoms with Crippen LogP contribution < -0.4 is 4.74 Å². The third-order valence-electron chi connectivity index (χ3n) is 9.02. The molecule has 1 atom stereocenters. The highest BCUT2D eigenvalue weighted by atomic mass is 19.1. The number of carbonyl (C=O) groups is 1. The van der Waals surface area contributed by atoms with Gasteiger partial charge in [0, 0.05) is 47.1 Å². The smallest absolute Gasteiger partial charge is 0.226 e. The minimum Gasteiger partial charge on any atom is -0.497 e. The van der Waals surface area contributed by atoms with Crippen LogP contribution in [-0.4, -0.2) is 59.1 Å². The number of fused-ring (bicyclic) bond motifs is 4. The van der Waals surface area contributed by atoms with Crippen LogP contribution in [0, 0.1) is 11.7 Å². The van der Waals surface area contributed by atoms with Crippen LogP contribution in [0.25, 0.3) is 10.9 Å². The molecule has 0 unspecified atom stereocenters. The normalized spacial score (nSPS) is 22.0. The third kappa shape index (κ3) is 4.32. The largest absolute Gasteiger partial charge is 0.497 e. The molecule has 3 aromatic rings. The Balaban J connectivity index is 1.37. The number of likely N-dealkylation sites (tertiary alicyclic amines) is 1. The van der Waals surface area contributed by atoms with Crippen LogP contribution >= 0.6 is 0 Å². The number of nitrogens with one attached hydrogen (secondary N) is 1. The molecule has 2 aliphatic heterocycles. The number of benzene rings is 2. The van der Waals surface area contributed by atoms with E-state index in [9.17, 15) is 14.3 Å². The maximum atomic E-state index is 13.8. The number of aromatic nitrogens is 1. The molecule has 2 N–H and O–H groups in total. The zero-order valence-corrected chi connectivity index (χ0v) is 21.5. The van der Waals surface area contributed by atoms with Crippen LogP contribution in [-0.2, 0) is 16.8 Å². The number of halogens is 1. The van der Waals surface area contributed by atoms with Crippen molar-refractivity contribution in [1.29, 1.82) is 0 Å². The first-order valence-corrected chi connectivity index (χ1v) is 13.6. The lowest BCUT2D eigenvalue weighted by Gasteiger charge is -2.50. The molecule has 1 amide bonds. The number of aromatic amines is 1. The fraction of sp³-hybridized carbons (Fsp3) is 0.500. The van der Waals surface area contributed by atoms with Crippen molar-refractivity contribution in [3.63, 3.8) is 0 Å². The zero-order chi connectivity index (χ0) is 25.6. The Morgan fingerprint density at radius 2 is 1.95 bits per heavy atom. The quantitative estimate of drug-likeness (QED) is 0.517. The van der Waals surface area contributed by atoms with Gasteiger partial charge in [-0.05, 0) is 74.2 Å². The summed E-state index contributed by atoms with van der Waals surface area (Å²) in [5.41, 5.74) is 4.00. The van der Waals surface area contributed by atoms with Crippen LogP contribution in [0.15, 0.2) is 42.5 Å². The molecule has 7 heteroatoms. The number of ether oxygens (including phenoxy) is 1. The molecular formula is C30H36FN3O3. The molecule has 1 saturated heterocycles. The predicted molar refractivity (Wildman–Crippen MR) is 141 cm³/mol. The minimum atomic E-state index is -0.363. The first-order valence-electron chi connectivity index (χ1n) is 13.6. The van der Waals surface area contributed by atoms with Crippen molar-refractivity contribution < 1.29 is 19.0 Å². The molecule has 1 saturated carbocycles. The molecule has 1 aromatic heterocycles. The number of hydrogen-bond acceptors (Lipinski definition) is 4. The Kier molecular flexibility index (Phi) is 6.45. The van der Waals surface area contributed by atoms with Crippen molar-refractivity contribution in [3.05, 3.63) is 65.1 Å². The van der Waals surface area contributed by atoms with E-state index in [-0.39, 0.29) is 35.7 Å². The lowest BCUT2D eigenvalue weighted by Crippen LogP contribution is -2.56. The van der Waals surface area contributed by atoms with Crippen LogP contribution in [0.2, 0.25) is 0 Å². The van der Waals surface area contributed by atoms with Gasteiger partial charge in [-0.3, -0.25) is 9.69 Å². The summed E-state index contributed by atoms with van der Waals surface area (Å²) in [6, 6.07) is 12.6. The number of piperidine rings is 1. The van der Waals surface area contributed by atoms with Crippen molar-refractivity contribution in [2.24, 2.45) is 5.92 Å². The van der Waals surface area contributed by atoms with Gasteiger partial charge in [-0.15, -0.1) is 0 Å². The van der Waals surface area contributed by atoms with E-state index < -0.39 is 0 Å². The first-order chi connectivity index (χ1) is 18.0. The standard InChI is InChI=1S/C30H36FN3O3/c1-37-23-9-10-24-25(16-23)32-28-26(18-35)34(29(36)21-6-2-3-7-21)19-30(27(24)28)11-13-33(14-12-30)17-20-5-4-8-22(31)15-20/h4-5,8-10,15-16,21,26,32,35H,2-3,6-7,11-14,17-19H2,1H3/t26-/m0/s1. The monoisotopic (exact) mass is 505 g/mol. The molecule has 196 valence electrons. The van der Waals surface area contributed by atoms with E-state index in [2.05, 4.69) is 16.0 Å². The Bertz CT molecular complexity index is 1290. The molecule has 6 rings (SSSR count). The molecular weight excluding hydrogens is 469 g/mol. The van der Waals surface area contributed by atoms with Gasteiger partial charge in [0.2, 0.25) is 5.91 Å². The van der Waals surface area contributed by atoms with Crippen molar-refractivity contribution in [2.75, 3.05) is 33.4 Å². The number of nitrogens with zero attached hydrogens (tertiary/aromatic N) is 2. The highest BCUT2D eigenvalue weighted by molar-refractivity contribution is 5.89. The fourth-order valence-electron chi connectivity index (χ4n) is 7.09. The lowest BCUT2D eigenvalue weighted by atomic mass is 9.68. The SMILES string of the molecule is COc1ccc2c3c([nH]c2c1)[C@H](CO)N(C(=O)C1CCCC1)CC31CCN(Cc2cccc(F)c2)CC1. The van der Waals surface area contributed by atoms with E-state index in [4.69, 9.17) is 4.74 Å². The van der Waals surface area contributed by atoms with Gasteiger partial charge in [0.05, 0.1) is 19.8 Å². The number of aliphatic hydroxyl groups is 1. The molecule has 0 radical (unpaired) electrons. The Labute approximate surface area is 217 Å². The van der Waals surface area contributed by atoms with E-state index in [0.29, 0.717) is 6.54 Å². The summed E-state index contributed by atoms with van der Waals surface area (Å²) < 4.78 is 19.3. The van der Waals surface area contributed by atoms with Crippen LogP contribution in [0.4, 0.5) is 4.39 Å². The number of aliphatic hydroxyl groups excluding tert-OH is 1. The van der Waals surface area contributed by atoms with E-state index in [1.807, 2.05) is 23.1 Å². The van der Waals surface area contributed by atoms with Crippen LogP contribution in [0.3, 0.4) is 0 Å². The molecule has 0 bridgehead atoms. The van der Waals surface area contributed by atoms with E-state index in [1.54, 1.807) is 19.2 Å². The number of rotatable bonds is 5. The second kappa shape index (κ2) is 9.76. The van der Waals surface area contributed by atoms with E-state index >= 15 is 0 Å². The summed E-state index contributed by atoms with van der Waals surface area (Å²) in [6.07, 6.45) is 5.90. The number of methoxy groups -OCH3 is 1. The number of carbonyl (C=O) groups excluding carboxylic acids is 1. The molecule has 3 heterocycles. The Morgan fingerprint density at radius 3 is 2.65 bits per heavy atom. The Hall–Kier alpha value is -2.90. The summed E-state index contributed by atoms with van der Waals surface area (Å²) in [4.78, 5) is 21.8. The molecule has 1 spiro atoms. The molecule has 6 nitrogen and oxygen atoms in total. The predicted octanol–water partition coefficient (Wildman–Crippen LogP) is 4.92. The summed E-state index contributed by atoms with van der Waals surface area (Å²) >= 11 is 0. The van der Waals surface area contributed by atoms with Crippen molar-refractivity contribution in [1.82, 2.24) is 14.8 Å². The highest BCUT2D eigenvalue weighted by Gasteiger charge is 2.49. The molecule has 1 aliphatic carbocycles. The lowest BCUT2D eigenvalue weighted by molar-refractivity contribution is -0.141. The maximum Gasteiger partial charge on any atom is 0.226 e. The van der Waals surface area contributed by atoms with E-state index in [1.165, 1.54) is 11.6 Å². The zero-order valence-electron chi connectivity index (χ0n) is 21.5. The van der Waals surface area contributed by atoms with Gasteiger partial charge >= 0.3 is 0 Å². The minimum absolute atomic E-state index is 0.0604. The fourth-order valence-corrected chi connectivity index (χ4v) is 7.09. The number of hydrogen-bond donors (Lipinski definition) is 2. The summed E-state index contributed by atoms with van der Waals surface area (Å²) in [7, 11) is 1.67. The topological polar surface area (TPSA) is 68.8 Å². The van der Waals surface area contributed by atoms with Gasteiger partial charge in [-0.1, -0.05) is 25.0 Å². The van der Waals surface area contributed by atoms with Gasteiger partial charge < -0.3 is 19.7 Å². The van der Waals surface area contributed by atoms with Crippen molar-refractivity contribution in [3.8, 4) is 5.75 Å². The maximum absolute atomic E-state index is 13.8. The first kappa shape index (κ1) is 24.4. The molecule has 2 fully saturated rings. The second-order valence-corrected chi connectivity index (χ2v) is 11.2. The van der Waals surface area contributed by atoms with Crippen molar-refractivity contribution in [2.45, 2.75) is 56.5 Å². The van der Waals surface area contributed by atoms with Crippen LogP contribution in [0.5, 0.6) is 5.75 Å². The number of H-pyrrole nitrogens is 1. The van der Waals surface area contributed by atoms with Crippen LogP contribution in [0.1, 0.15) is 61.4 Å². The van der Waals surface area contributed by atoms with Gasteiger partial charge in [-0.25, -0.2) is 4.39 Å². The molecule has 37 heavy (non-hydrogen) atoms. The van der Waals surface area contributed by atoms with Gasteiger partial charge in [0.25, 0.3) is 0 Å². The molecule has 3 aliphatic rings. The average Bonchev–Trinajstić information content (AvgIpc) is 3.58. The van der Waals surface area contributed by atoms with Gasteiger partial charge in [-0.2, -0.15) is 0 Å². The summed E-state index contributed by atoms with van der Waals surface area (Å²) in [5.74, 6) is 0.836. The van der Waals surface area contributed by atoms with E-state index in [0.717, 1.165) is 86.1 Å².